The van der Waals surface area contributed by atoms with E-state index in [0.717, 1.165) is 26.6 Å². The van der Waals surface area contributed by atoms with Crippen LogP contribution in [0.15, 0.2) is 45.3 Å². The molecule has 0 heterocycles. The van der Waals surface area contributed by atoms with Crippen LogP contribution in [-0.2, 0) is 6.42 Å². The highest BCUT2D eigenvalue weighted by molar-refractivity contribution is 9.11. The molecule has 2 rings (SSSR count). The van der Waals surface area contributed by atoms with Gasteiger partial charge in [0.2, 0.25) is 0 Å². The average Bonchev–Trinajstić information content (AvgIpc) is 2.40. The molecular weight excluding hydrogens is 420 g/mol. The normalized spacial score (nSPS) is 12.4. The zero-order chi connectivity index (χ0) is 15.4. The second-order valence-corrected chi connectivity index (χ2v) is 6.99. The summed E-state index contributed by atoms with van der Waals surface area (Å²) in [6.07, 6.45) is 0.704. The van der Waals surface area contributed by atoms with Crippen molar-refractivity contribution >= 4 is 43.5 Å². The first-order chi connectivity index (χ1) is 9.99. The quantitative estimate of drug-likeness (QED) is 0.617. The van der Waals surface area contributed by atoms with Crippen LogP contribution in [0.1, 0.15) is 24.1 Å². The molecule has 1 nitrogen and oxygen atoms in total. The topological polar surface area (TPSA) is 12.0 Å². The van der Waals surface area contributed by atoms with E-state index in [1.165, 1.54) is 12.1 Å². The number of likely N-dealkylation sites (N-methyl/N-ethyl adjacent to an activating group) is 1. The smallest absolute Gasteiger partial charge is 0.124 e. The van der Waals surface area contributed by atoms with Crippen molar-refractivity contribution in [3.8, 4) is 0 Å². The van der Waals surface area contributed by atoms with Gasteiger partial charge < -0.3 is 5.32 Å². The molecule has 112 valence electrons. The van der Waals surface area contributed by atoms with Crippen molar-refractivity contribution < 1.29 is 4.39 Å². The number of hydrogen-bond acceptors (Lipinski definition) is 1. The predicted octanol–water partition coefficient (Wildman–Crippen LogP) is 5.90. The largest absolute Gasteiger partial charge is 0.310 e. The third kappa shape index (κ3) is 4.78. The van der Waals surface area contributed by atoms with Crippen molar-refractivity contribution in [2.75, 3.05) is 6.54 Å². The highest BCUT2D eigenvalue weighted by atomic mass is 79.9. The van der Waals surface area contributed by atoms with Crippen LogP contribution in [0.5, 0.6) is 0 Å². The van der Waals surface area contributed by atoms with E-state index in [-0.39, 0.29) is 11.9 Å². The zero-order valence-electron chi connectivity index (χ0n) is 11.5. The van der Waals surface area contributed by atoms with Gasteiger partial charge in [-0.2, -0.15) is 0 Å². The van der Waals surface area contributed by atoms with Gasteiger partial charge in [-0.1, -0.05) is 56.5 Å². The van der Waals surface area contributed by atoms with Gasteiger partial charge >= 0.3 is 0 Å². The Balaban J connectivity index is 2.30. The molecule has 5 heteroatoms. The summed E-state index contributed by atoms with van der Waals surface area (Å²) < 4.78 is 15.2. The third-order valence-corrected chi connectivity index (χ3v) is 4.44. The molecule has 2 aromatic carbocycles. The summed E-state index contributed by atoms with van der Waals surface area (Å²) in [4.78, 5) is 0. The Hall–Kier alpha value is -0.420. The van der Waals surface area contributed by atoms with Crippen LogP contribution in [0.25, 0.3) is 0 Å². The molecule has 0 spiro atoms. The highest BCUT2D eigenvalue weighted by Gasteiger charge is 2.14. The minimum Gasteiger partial charge on any atom is -0.310 e. The van der Waals surface area contributed by atoms with E-state index in [1.807, 2.05) is 6.07 Å². The minimum atomic E-state index is -0.311. The van der Waals surface area contributed by atoms with Crippen LogP contribution in [0.4, 0.5) is 4.39 Å². The number of benzene rings is 2. The van der Waals surface area contributed by atoms with Crippen LogP contribution in [0.3, 0.4) is 0 Å². The van der Waals surface area contributed by atoms with Crippen LogP contribution in [0.2, 0.25) is 5.02 Å². The average molecular weight is 436 g/mol. The first-order valence-corrected chi connectivity index (χ1v) is 8.59. The number of nitrogens with one attached hydrogen (secondary N) is 1. The Morgan fingerprint density at radius 1 is 1.14 bits per heavy atom. The van der Waals surface area contributed by atoms with E-state index >= 15 is 0 Å². The minimum absolute atomic E-state index is 0.117. The molecule has 0 saturated carbocycles. The molecule has 0 radical (unpaired) electrons. The van der Waals surface area contributed by atoms with Crippen molar-refractivity contribution in [3.63, 3.8) is 0 Å². The summed E-state index contributed by atoms with van der Waals surface area (Å²) in [6.45, 7) is 2.90. The molecule has 0 aliphatic heterocycles. The standard InChI is InChI=1S/C16H15Br2ClFN/c1-2-21-16(11-5-12(17)8-13(18)6-11)7-10-3-4-14(20)9-15(10)19/h3-6,8-9,16,21H,2,7H2,1H3. The highest BCUT2D eigenvalue weighted by Crippen LogP contribution is 2.28. The molecule has 1 atom stereocenters. The monoisotopic (exact) mass is 433 g/mol. The first kappa shape index (κ1) is 16.9. The van der Waals surface area contributed by atoms with Gasteiger partial charge in [0.25, 0.3) is 0 Å². The van der Waals surface area contributed by atoms with E-state index in [9.17, 15) is 4.39 Å². The number of hydrogen-bond donors (Lipinski definition) is 1. The van der Waals surface area contributed by atoms with Gasteiger partial charge in [-0.15, -0.1) is 0 Å². The summed E-state index contributed by atoms with van der Waals surface area (Å²) in [6, 6.07) is 10.8. The lowest BCUT2D eigenvalue weighted by Gasteiger charge is -2.20. The Labute approximate surface area is 146 Å². The van der Waals surface area contributed by atoms with Gasteiger partial charge in [0.15, 0.2) is 0 Å². The van der Waals surface area contributed by atoms with Crippen molar-refractivity contribution in [1.29, 1.82) is 0 Å². The van der Waals surface area contributed by atoms with E-state index in [1.54, 1.807) is 6.07 Å². The van der Waals surface area contributed by atoms with Gasteiger partial charge in [0.1, 0.15) is 5.82 Å². The molecule has 0 saturated heterocycles. The Morgan fingerprint density at radius 3 is 2.38 bits per heavy atom. The number of rotatable bonds is 5. The van der Waals surface area contributed by atoms with Crippen LogP contribution < -0.4 is 5.32 Å². The Bertz CT molecular complexity index is 613. The molecule has 0 aliphatic carbocycles. The lowest BCUT2D eigenvalue weighted by atomic mass is 9.98. The fourth-order valence-electron chi connectivity index (χ4n) is 2.24. The maximum Gasteiger partial charge on any atom is 0.124 e. The Kier molecular flexibility index (Phi) is 6.23. The van der Waals surface area contributed by atoms with Crippen LogP contribution >= 0.6 is 43.5 Å². The summed E-state index contributed by atoms with van der Waals surface area (Å²) >= 11 is 13.2. The summed E-state index contributed by atoms with van der Waals surface area (Å²) in [5, 5.41) is 3.91. The predicted molar refractivity (Wildman–Crippen MR) is 93.4 cm³/mol. The van der Waals surface area contributed by atoms with Crippen LogP contribution in [-0.4, -0.2) is 6.54 Å². The van der Waals surface area contributed by atoms with E-state index in [2.05, 4.69) is 56.2 Å². The first-order valence-electron chi connectivity index (χ1n) is 6.63. The molecule has 0 fully saturated rings. The van der Waals surface area contributed by atoms with E-state index in [4.69, 9.17) is 11.6 Å². The van der Waals surface area contributed by atoms with E-state index < -0.39 is 0 Å². The molecule has 0 bridgehead atoms. The maximum atomic E-state index is 13.1. The summed E-state index contributed by atoms with van der Waals surface area (Å²) in [7, 11) is 0. The fourth-order valence-corrected chi connectivity index (χ4v) is 3.81. The van der Waals surface area contributed by atoms with Gasteiger partial charge in [0, 0.05) is 20.0 Å². The van der Waals surface area contributed by atoms with Crippen molar-refractivity contribution in [2.24, 2.45) is 0 Å². The second kappa shape index (κ2) is 7.73. The lowest BCUT2D eigenvalue weighted by Crippen LogP contribution is -2.23. The molecule has 0 aliphatic rings. The van der Waals surface area contributed by atoms with Gasteiger partial charge in [-0.3, -0.25) is 0 Å². The summed E-state index contributed by atoms with van der Waals surface area (Å²) in [5.74, 6) is -0.311. The SMILES string of the molecule is CCNC(Cc1ccc(F)cc1Cl)c1cc(Br)cc(Br)c1. The molecule has 21 heavy (non-hydrogen) atoms. The molecule has 0 aromatic heterocycles. The third-order valence-electron chi connectivity index (χ3n) is 3.18. The lowest BCUT2D eigenvalue weighted by molar-refractivity contribution is 0.548. The summed E-state index contributed by atoms with van der Waals surface area (Å²) in [5.41, 5.74) is 2.08. The van der Waals surface area contributed by atoms with Gasteiger partial charge in [0.05, 0.1) is 0 Å². The van der Waals surface area contributed by atoms with Crippen LogP contribution in [0, 0.1) is 5.82 Å². The molecule has 2 aromatic rings. The fraction of sp³-hybridized carbons (Fsp3) is 0.250. The van der Waals surface area contributed by atoms with Gasteiger partial charge in [-0.05, 0) is 54.4 Å². The number of halogens is 4. The second-order valence-electron chi connectivity index (χ2n) is 4.75. The van der Waals surface area contributed by atoms with Crippen molar-refractivity contribution in [1.82, 2.24) is 5.32 Å². The van der Waals surface area contributed by atoms with E-state index in [0.29, 0.717) is 11.4 Å². The molecule has 1 unspecified atom stereocenters. The van der Waals surface area contributed by atoms with Gasteiger partial charge in [-0.25, -0.2) is 4.39 Å². The Morgan fingerprint density at radius 2 is 1.81 bits per heavy atom. The molecular formula is C16H15Br2ClFN. The zero-order valence-corrected chi connectivity index (χ0v) is 15.4. The van der Waals surface area contributed by atoms with Crippen molar-refractivity contribution in [2.45, 2.75) is 19.4 Å². The molecule has 0 amide bonds. The maximum absolute atomic E-state index is 13.1. The molecule has 1 N–H and O–H groups in total. The van der Waals surface area contributed by atoms with Crippen molar-refractivity contribution in [3.05, 3.63) is 67.3 Å².